The van der Waals surface area contributed by atoms with Gasteiger partial charge in [0, 0.05) is 30.5 Å². The third-order valence-corrected chi connectivity index (χ3v) is 6.36. The molecule has 4 nitrogen and oxygen atoms in total. The van der Waals surface area contributed by atoms with Crippen LogP contribution in [0.2, 0.25) is 0 Å². The molecule has 0 radical (unpaired) electrons. The Balaban J connectivity index is 1.57. The third-order valence-electron chi connectivity index (χ3n) is 5.49. The van der Waals surface area contributed by atoms with Crippen LogP contribution in [0.25, 0.3) is 10.6 Å². The zero-order chi connectivity index (χ0) is 17.2. The van der Waals surface area contributed by atoms with Crippen molar-refractivity contribution in [2.45, 2.75) is 32.1 Å². The first-order chi connectivity index (χ1) is 12.2. The molecular formula is C20H22N2O2S. The van der Waals surface area contributed by atoms with Crippen molar-refractivity contribution in [2.75, 3.05) is 13.1 Å². The summed E-state index contributed by atoms with van der Waals surface area (Å²) in [7, 11) is 0. The molecule has 0 unspecified atom stereocenters. The highest BCUT2D eigenvalue weighted by atomic mass is 32.1. The van der Waals surface area contributed by atoms with Crippen LogP contribution >= 0.6 is 11.3 Å². The van der Waals surface area contributed by atoms with E-state index in [1.165, 1.54) is 37.0 Å². The molecule has 0 N–H and O–H groups in total. The number of aldehydes is 1. The molecule has 2 aliphatic heterocycles. The van der Waals surface area contributed by atoms with Crippen molar-refractivity contribution in [1.29, 1.82) is 0 Å². The van der Waals surface area contributed by atoms with Crippen LogP contribution in [0.4, 0.5) is 0 Å². The number of aromatic nitrogens is 1. The Hall–Kier alpha value is -2.01. The van der Waals surface area contributed by atoms with E-state index in [0.717, 1.165) is 35.5 Å². The predicted octanol–water partition coefficient (Wildman–Crippen LogP) is 3.81. The molecular weight excluding hydrogens is 332 g/mol. The Morgan fingerprint density at radius 2 is 1.84 bits per heavy atom. The zero-order valence-corrected chi connectivity index (χ0v) is 15.0. The Morgan fingerprint density at radius 1 is 1.16 bits per heavy atom. The van der Waals surface area contributed by atoms with Gasteiger partial charge in [0.15, 0.2) is 0 Å². The van der Waals surface area contributed by atoms with Crippen molar-refractivity contribution in [2.24, 2.45) is 11.8 Å². The second kappa shape index (κ2) is 7.08. The van der Waals surface area contributed by atoms with E-state index in [2.05, 4.69) is 4.98 Å². The monoisotopic (exact) mass is 354 g/mol. The molecule has 0 atom stereocenters. The number of nitrogens with zero attached hydrogens (tertiary/aromatic N) is 2. The summed E-state index contributed by atoms with van der Waals surface area (Å²) in [5.41, 5.74) is 2.45. The summed E-state index contributed by atoms with van der Waals surface area (Å²) in [6, 6.07) is 7.78. The minimum atomic E-state index is 0.0640. The van der Waals surface area contributed by atoms with Crippen LogP contribution in [-0.2, 0) is 11.2 Å². The Kier molecular flexibility index (Phi) is 4.66. The fraction of sp³-hybridized carbons (Fsp3) is 0.450. The lowest BCUT2D eigenvalue weighted by atomic mass is 9.84. The maximum absolute atomic E-state index is 12.9. The molecule has 1 amide bonds. The van der Waals surface area contributed by atoms with E-state index in [0.29, 0.717) is 24.0 Å². The average Bonchev–Trinajstić information content (AvgIpc) is 2.93. The van der Waals surface area contributed by atoms with E-state index in [1.54, 1.807) is 0 Å². The third kappa shape index (κ3) is 3.38. The van der Waals surface area contributed by atoms with Gasteiger partial charge in [-0.2, -0.15) is 0 Å². The number of fused-ring (bicyclic) bond motifs is 4. The second-order valence-electron chi connectivity index (χ2n) is 7.16. The molecule has 2 bridgehead atoms. The van der Waals surface area contributed by atoms with Crippen LogP contribution in [0.3, 0.4) is 0 Å². The summed E-state index contributed by atoms with van der Waals surface area (Å²) in [5, 5.41) is 2.68. The summed E-state index contributed by atoms with van der Waals surface area (Å²) in [6.45, 7) is 1.76. The van der Waals surface area contributed by atoms with Crippen molar-refractivity contribution in [3.8, 4) is 10.6 Å². The quantitative estimate of drug-likeness (QED) is 0.785. The predicted molar refractivity (Wildman–Crippen MR) is 98.7 cm³/mol. The smallest absolute Gasteiger partial charge is 0.273 e. The standard InChI is InChI=1S/C20H22N2O2S/c23-10-9-16-3-1-2-4-17(16)19-21-18(13-25-19)20(24)22-11-14-5-6-15(12-22)8-7-14/h1-4,10,13-15H,5-9,11-12H2. The fourth-order valence-corrected chi connectivity index (χ4v) is 4.97. The van der Waals surface area contributed by atoms with Gasteiger partial charge in [0.05, 0.1) is 0 Å². The van der Waals surface area contributed by atoms with Gasteiger partial charge in [-0.05, 0) is 43.1 Å². The van der Waals surface area contributed by atoms with E-state index in [-0.39, 0.29) is 5.91 Å². The number of carbonyl (C=O) groups excluding carboxylic acids is 2. The highest BCUT2D eigenvalue weighted by Crippen LogP contribution is 2.35. The lowest BCUT2D eigenvalue weighted by Gasteiger charge is -2.21. The first kappa shape index (κ1) is 16.5. The molecule has 1 aliphatic carbocycles. The Morgan fingerprint density at radius 3 is 2.52 bits per heavy atom. The number of hydrogen-bond donors (Lipinski definition) is 0. The summed E-state index contributed by atoms with van der Waals surface area (Å²) in [5.74, 6) is 1.39. The highest BCUT2D eigenvalue weighted by molar-refractivity contribution is 7.13. The van der Waals surface area contributed by atoms with Crippen molar-refractivity contribution in [1.82, 2.24) is 9.88 Å². The summed E-state index contributed by atoms with van der Waals surface area (Å²) in [4.78, 5) is 30.5. The SMILES string of the molecule is O=CCc1ccccc1-c1nc(C(=O)N2CC3CCC(CC3)C2)cs1. The first-order valence-electron chi connectivity index (χ1n) is 9.01. The van der Waals surface area contributed by atoms with Crippen LogP contribution < -0.4 is 0 Å². The van der Waals surface area contributed by atoms with Gasteiger partial charge < -0.3 is 9.69 Å². The number of benzene rings is 1. The normalized spacial score (nSPS) is 22.6. The molecule has 3 heterocycles. The zero-order valence-electron chi connectivity index (χ0n) is 14.2. The number of rotatable bonds is 4. The number of hydrogen-bond acceptors (Lipinski definition) is 4. The highest BCUT2D eigenvalue weighted by Gasteiger charge is 2.32. The second-order valence-corrected chi connectivity index (χ2v) is 8.02. The number of amides is 1. The molecule has 2 saturated heterocycles. The van der Waals surface area contributed by atoms with Crippen molar-refractivity contribution >= 4 is 23.5 Å². The molecule has 3 aliphatic rings. The van der Waals surface area contributed by atoms with E-state index >= 15 is 0 Å². The van der Waals surface area contributed by atoms with Gasteiger partial charge in [0.2, 0.25) is 0 Å². The van der Waals surface area contributed by atoms with Gasteiger partial charge in [0.1, 0.15) is 17.0 Å². The van der Waals surface area contributed by atoms with Gasteiger partial charge in [-0.25, -0.2) is 4.98 Å². The van der Waals surface area contributed by atoms with Crippen LogP contribution in [0, 0.1) is 11.8 Å². The number of thiazole rings is 1. The Bertz CT molecular complexity index is 764. The van der Waals surface area contributed by atoms with Crippen LogP contribution in [0.1, 0.15) is 41.7 Å². The van der Waals surface area contributed by atoms with Crippen molar-refractivity contribution < 1.29 is 9.59 Å². The lowest BCUT2D eigenvalue weighted by Crippen LogP contribution is -2.34. The first-order valence-corrected chi connectivity index (χ1v) is 9.89. The van der Waals surface area contributed by atoms with Gasteiger partial charge in [-0.3, -0.25) is 4.79 Å². The maximum atomic E-state index is 12.9. The molecule has 0 spiro atoms. The molecule has 1 aromatic carbocycles. The molecule has 1 aromatic heterocycles. The summed E-state index contributed by atoms with van der Waals surface area (Å²) < 4.78 is 0. The maximum Gasteiger partial charge on any atom is 0.273 e. The van der Waals surface area contributed by atoms with Crippen molar-refractivity contribution in [3.05, 3.63) is 40.9 Å². The van der Waals surface area contributed by atoms with Crippen LogP contribution in [0.5, 0.6) is 0 Å². The summed E-state index contributed by atoms with van der Waals surface area (Å²) in [6.07, 6.45) is 6.32. The van der Waals surface area contributed by atoms with Crippen molar-refractivity contribution in [3.63, 3.8) is 0 Å². The lowest BCUT2D eigenvalue weighted by molar-refractivity contribution is -0.107. The summed E-state index contributed by atoms with van der Waals surface area (Å²) >= 11 is 1.48. The van der Waals surface area contributed by atoms with Gasteiger partial charge >= 0.3 is 0 Å². The van der Waals surface area contributed by atoms with Crippen LogP contribution in [-0.4, -0.2) is 35.2 Å². The molecule has 5 heteroatoms. The van der Waals surface area contributed by atoms with Gasteiger partial charge in [-0.1, -0.05) is 24.3 Å². The molecule has 2 aromatic rings. The minimum Gasteiger partial charge on any atom is -0.337 e. The Labute approximate surface area is 151 Å². The molecule has 5 rings (SSSR count). The van der Waals surface area contributed by atoms with E-state index in [1.807, 2.05) is 34.5 Å². The molecule has 130 valence electrons. The van der Waals surface area contributed by atoms with Gasteiger partial charge in [-0.15, -0.1) is 11.3 Å². The van der Waals surface area contributed by atoms with E-state index in [9.17, 15) is 9.59 Å². The average molecular weight is 354 g/mol. The van der Waals surface area contributed by atoms with E-state index in [4.69, 9.17) is 0 Å². The fourth-order valence-electron chi connectivity index (χ4n) is 4.11. The largest absolute Gasteiger partial charge is 0.337 e. The molecule has 1 saturated carbocycles. The molecule has 3 fully saturated rings. The van der Waals surface area contributed by atoms with Gasteiger partial charge in [0.25, 0.3) is 5.91 Å². The van der Waals surface area contributed by atoms with Crippen LogP contribution in [0.15, 0.2) is 29.6 Å². The minimum absolute atomic E-state index is 0.0640. The molecule has 25 heavy (non-hydrogen) atoms. The van der Waals surface area contributed by atoms with E-state index < -0.39 is 0 Å². The number of carbonyl (C=O) groups is 2. The topological polar surface area (TPSA) is 50.3 Å².